The van der Waals surface area contributed by atoms with Gasteiger partial charge >= 0.3 is 5.97 Å². The minimum atomic E-state index is -0.836. The van der Waals surface area contributed by atoms with E-state index in [1.54, 1.807) is 19.2 Å². The smallest absolute Gasteiger partial charge is 0.320 e. The molecule has 0 amide bonds. The number of rotatable bonds is 7. The molecule has 0 saturated carbocycles. The van der Waals surface area contributed by atoms with Crippen LogP contribution in [0, 0.1) is 5.82 Å². The Morgan fingerprint density at radius 3 is 2.56 bits per heavy atom. The van der Waals surface area contributed by atoms with Crippen molar-refractivity contribution in [1.82, 2.24) is 4.90 Å². The summed E-state index contributed by atoms with van der Waals surface area (Å²) in [7, 11) is 1.57. The third-order valence-corrected chi connectivity index (χ3v) is 4.90. The molecule has 2 aromatic carbocycles. The van der Waals surface area contributed by atoms with Crippen molar-refractivity contribution in [1.29, 1.82) is 0 Å². The number of likely N-dealkylation sites (tertiary alicyclic amines) is 1. The number of hydrogen-bond donors (Lipinski definition) is 1. The molecule has 1 aliphatic heterocycles. The largest absolute Gasteiger partial charge is 0.493 e. The molecule has 1 fully saturated rings. The lowest BCUT2D eigenvalue weighted by atomic mass is 9.95. The van der Waals surface area contributed by atoms with E-state index in [2.05, 4.69) is 0 Å². The first-order chi connectivity index (χ1) is 13.0. The van der Waals surface area contributed by atoms with Crippen molar-refractivity contribution in [2.75, 3.05) is 20.3 Å². The van der Waals surface area contributed by atoms with Crippen LogP contribution in [0.5, 0.6) is 11.5 Å². The Balaban J connectivity index is 2.07. The van der Waals surface area contributed by atoms with Gasteiger partial charge in [-0.2, -0.15) is 0 Å². The molecule has 0 spiro atoms. The topological polar surface area (TPSA) is 59.0 Å². The molecule has 2 unspecified atom stereocenters. The third kappa shape index (κ3) is 4.06. The summed E-state index contributed by atoms with van der Waals surface area (Å²) >= 11 is 0. The van der Waals surface area contributed by atoms with Gasteiger partial charge in [0.1, 0.15) is 11.9 Å². The van der Waals surface area contributed by atoms with Crippen LogP contribution in [0.3, 0.4) is 0 Å². The number of carbonyl (C=O) groups is 1. The Labute approximate surface area is 158 Å². The van der Waals surface area contributed by atoms with E-state index < -0.39 is 12.0 Å². The van der Waals surface area contributed by atoms with Gasteiger partial charge in [-0.25, -0.2) is 4.39 Å². The van der Waals surface area contributed by atoms with E-state index in [0.717, 1.165) is 17.5 Å². The first-order valence-electron chi connectivity index (χ1n) is 9.10. The standard InChI is InChI=1S/C21H24FNO4/c1-3-27-18-11-8-15(13-19(18)26-2)20(14-6-9-16(22)10-7-14)23-12-4-5-17(23)21(24)25/h6-11,13,17,20H,3-5,12H2,1-2H3,(H,24,25). The van der Waals surface area contributed by atoms with E-state index in [0.29, 0.717) is 31.1 Å². The second-order valence-electron chi connectivity index (χ2n) is 6.53. The maximum absolute atomic E-state index is 13.4. The number of aliphatic carboxylic acids is 1. The molecule has 0 aliphatic carbocycles. The highest BCUT2D eigenvalue weighted by molar-refractivity contribution is 5.74. The highest BCUT2D eigenvalue weighted by Gasteiger charge is 2.37. The molecule has 27 heavy (non-hydrogen) atoms. The van der Waals surface area contributed by atoms with Gasteiger partial charge in [0, 0.05) is 6.54 Å². The summed E-state index contributed by atoms with van der Waals surface area (Å²) in [4.78, 5) is 13.7. The predicted octanol–water partition coefficient (Wildman–Crippen LogP) is 3.87. The lowest BCUT2D eigenvalue weighted by molar-refractivity contribution is -0.142. The van der Waals surface area contributed by atoms with E-state index in [1.165, 1.54) is 12.1 Å². The molecule has 6 heteroatoms. The summed E-state index contributed by atoms with van der Waals surface area (Å²) in [6, 6.07) is 11.0. The van der Waals surface area contributed by atoms with E-state index in [-0.39, 0.29) is 11.9 Å². The molecule has 2 aromatic rings. The minimum Gasteiger partial charge on any atom is -0.493 e. The maximum atomic E-state index is 13.4. The summed E-state index contributed by atoms with van der Waals surface area (Å²) in [5.41, 5.74) is 1.73. The molecule has 144 valence electrons. The van der Waals surface area contributed by atoms with Crippen LogP contribution in [0.1, 0.15) is 36.9 Å². The summed E-state index contributed by atoms with van der Waals surface area (Å²) in [6.45, 7) is 3.08. The highest BCUT2D eigenvalue weighted by atomic mass is 19.1. The lowest BCUT2D eigenvalue weighted by Crippen LogP contribution is -2.39. The SMILES string of the molecule is CCOc1ccc(C(c2ccc(F)cc2)N2CCCC2C(=O)O)cc1OC. The van der Waals surface area contributed by atoms with Crippen LogP contribution < -0.4 is 9.47 Å². The van der Waals surface area contributed by atoms with Crippen LogP contribution in [-0.2, 0) is 4.79 Å². The van der Waals surface area contributed by atoms with Gasteiger partial charge in [-0.05, 0) is 55.2 Å². The summed E-state index contributed by atoms with van der Waals surface area (Å²) in [6.07, 6.45) is 1.41. The van der Waals surface area contributed by atoms with Crippen molar-refractivity contribution in [3.63, 3.8) is 0 Å². The molecule has 1 saturated heterocycles. The molecule has 2 atom stereocenters. The van der Waals surface area contributed by atoms with Crippen molar-refractivity contribution in [2.24, 2.45) is 0 Å². The number of nitrogens with zero attached hydrogens (tertiary/aromatic N) is 1. The fourth-order valence-corrected chi connectivity index (χ4v) is 3.71. The predicted molar refractivity (Wildman–Crippen MR) is 99.8 cm³/mol. The Morgan fingerprint density at radius 1 is 1.22 bits per heavy atom. The van der Waals surface area contributed by atoms with Gasteiger partial charge < -0.3 is 14.6 Å². The molecule has 5 nitrogen and oxygen atoms in total. The van der Waals surface area contributed by atoms with Crippen molar-refractivity contribution in [2.45, 2.75) is 31.8 Å². The van der Waals surface area contributed by atoms with Crippen LogP contribution in [0.25, 0.3) is 0 Å². The fourth-order valence-electron chi connectivity index (χ4n) is 3.71. The second kappa shape index (κ2) is 8.39. The molecule has 1 aliphatic rings. The average molecular weight is 373 g/mol. The quantitative estimate of drug-likeness (QED) is 0.798. The zero-order valence-electron chi connectivity index (χ0n) is 15.5. The summed E-state index contributed by atoms with van der Waals surface area (Å²) < 4.78 is 24.5. The van der Waals surface area contributed by atoms with Crippen LogP contribution in [0.15, 0.2) is 42.5 Å². The van der Waals surface area contributed by atoms with Crippen LogP contribution in [-0.4, -0.2) is 42.3 Å². The average Bonchev–Trinajstić information content (AvgIpc) is 3.14. The van der Waals surface area contributed by atoms with Gasteiger partial charge in [-0.3, -0.25) is 9.69 Å². The van der Waals surface area contributed by atoms with Crippen LogP contribution in [0.4, 0.5) is 4.39 Å². The molecular weight excluding hydrogens is 349 g/mol. The molecule has 3 rings (SSSR count). The number of halogens is 1. The second-order valence-corrected chi connectivity index (χ2v) is 6.53. The molecule has 0 radical (unpaired) electrons. The Hall–Kier alpha value is -2.60. The fraction of sp³-hybridized carbons (Fsp3) is 0.381. The van der Waals surface area contributed by atoms with Gasteiger partial charge in [-0.1, -0.05) is 18.2 Å². The first kappa shape index (κ1) is 19.2. The Morgan fingerprint density at radius 2 is 1.93 bits per heavy atom. The molecular formula is C21H24FNO4. The van der Waals surface area contributed by atoms with Gasteiger partial charge in [0.2, 0.25) is 0 Å². The summed E-state index contributed by atoms with van der Waals surface area (Å²) in [5.74, 6) is 0.0702. The van der Waals surface area contributed by atoms with Gasteiger partial charge in [-0.15, -0.1) is 0 Å². The van der Waals surface area contributed by atoms with E-state index in [4.69, 9.17) is 9.47 Å². The molecule has 0 bridgehead atoms. The number of ether oxygens (including phenoxy) is 2. The molecule has 1 N–H and O–H groups in total. The minimum absolute atomic E-state index is 0.307. The monoisotopic (exact) mass is 373 g/mol. The zero-order chi connectivity index (χ0) is 19.4. The van der Waals surface area contributed by atoms with E-state index in [1.807, 2.05) is 30.0 Å². The number of carboxylic acid groups (broad SMARTS) is 1. The number of benzene rings is 2. The third-order valence-electron chi connectivity index (χ3n) is 4.90. The summed E-state index contributed by atoms with van der Waals surface area (Å²) in [5, 5.41) is 9.64. The Kier molecular flexibility index (Phi) is 5.96. The van der Waals surface area contributed by atoms with Crippen molar-refractivity contribution in [3.8, 4) is 11.5 Å². The van der Waals surface area contributed by atoms with Crippen LogP contribution in [0.2, 0.25) is 0 Å². The number of carboxylic acids is 1. The number of methoxy groups -OCH3 is 1. The highest BCUT2D eigenvalue weighted by Crippen LogP contribution is 2.38. The van der Waals surface area contributed by atoms with Gasteiger partial charge in [0.15, 0.2) is 11.5 Å². The first-order valence-corrected chi connectivity index (χ1v) is 9.10. The van der Waals surface area contributed by atoms with E-state index in [9.17, 15) is 14.3 Å². The van der Waals surface area contributed by atoms with Crippen LogP contribution >= 0.6 is 0 Å². The Bertz CT molecular complexity index is 793. The normalized spacial score (nSPS) is 18.3. The van der Waals surface area contributed by atoms with E-state index >= 15 is 0 Å². The molecule has 0 aromatic heterocycles. The van der Waals surface area contributed by atoms with Crippen molar-refractivity contribution >= 4 is 5.97 Å². The van der Waals surface area contributed by atoms with Crippen molar-refractivity contribution < 1.29 is 23.8 Å². The molecule has 1 heterocycles. The van der Waals surface area contributed by atoms with Gasteiger partial charge in [0.05, 0.1) is 19.8 Å². The lowest BCUT2D eigenvalue weighted by Gasteiger charge is -2.32. The zero-order valence-corrected chi connectivity index (χ0v) is 15.5. The van der Waals surface area contributed by atoms with Gasteiger partial charge in [0.25, 0.3) is 0 Å². The maximum Gasteiger partial charge on any atom is 0.320 e. The number of hydrogen-bond acceptors (Lipinski definition) is 4. The van der Waals surface area contributed by atoms with Crippen molar-refractivity contribution in [3.05, 3.63) is 59.4 Å².